The maximum absolute atomic E-state index is 6.30. The Morgan fingerprint density at radius 3 is 2.46 bits per heavy atom. The predicted molar refractivity (Wildman–Crippen MR) is 118 cm³/mol. The van der Waals surface area contributed by atoms with Crippen molar-refractivity contribution in [2.75, 3.05) is 12.4 Å². The minimum Gasteiger partial charge on any atom is -0.497 e. The van der Waals surface area contributed by atoms with Crippen LogP contribution < -0.4 is 10.1 Å². The number of benzene rings is 3. The second-order valence-corrected chi connectivity index (χ2v) is 7.24. The van der Waals surface area contributed by atoms with Gasteiger partial charge in [0.1, 0.15) is 11.6 Å². The van der Waals surface area contributed by atoms with E-state index in [0.717, 1.165) is 44.2 Å². The first kappa shape index (κ1) is 18.6. The summed E-state index contributed by atoms with van der Waals surface area (Å²) >= 11 is 12.5. The first-order valence-corrected chi connectivity index (χ1v) is 9.61. The van der Waals surface area contributed by atoms with Gasteiger partial charge in [-0.3, -0.25) is 0 Å². The number of hydrogen-bond acceptors (Lipinski definition) is 3. The van der Waals surface area contributed by atoms with Gasteiger partial charge in [0.2, 0.25) is 0 Å². The number of rotatable bonds is 5. The molecule has 0 aliphatic heterocycles. The lowest BCUT2D eigenvalue weighted by atomic mass is 10.0. The van der Waals surface area contributed by atoms with Crippen molar-refractivity contribution in [3.05, 3.63) is 88.4 Å². The van der Waals surface area contributed by atoms with E-state index >= 15 is 0 Å². The number of anilines is 1. The van der Waals surface area contributed by atoms with E-state index in [1.807, 2.05) is 66.7 Å². The summed E-state index contributed by atoms with van der Waals surface area (Å²) < 4.78 is 5.28. The molecule has 3 aromatic carbocycles. The molecule has 0 aliphatic rings. The molecule has 1 N–H and O–H groups in total. The Bertz CT molecular complexity index is 1130. The zero-order valence-electron chi connectivity index (χ0n) is 15.2. The smallest absolute Gasteiger partial charge is 0.134 e. The van der Waals surface area contributed by atoms with Gasteiger partial charge in [0, 0.05) is 27.5 Å². The molecule has 0 saturated carbocycles. The van der Waals surface area contributed by atoms with Crippen molar-refractivity contribution in [2.24, 2.45) is 0 Å². The molecular formula is C23H18Cl2N2O. The van der Waals surface area contributed by atoms with Crippen LogP contribution in [-0.4, -0.2) is 12.1 Å². The largest absolute Gasteiger partial charge is 0.497 e. The summed E-state index contributed by atoms with van der Waals surface area (Å²) in [5, 5.41) is 5.85. The Hall–Kier alpha value is -2.75. The summed E-state index contributed by atoms with van der Waals surface area (Å²) in [6.07, 6.45) is 0. The molecule has 0 bridgehead atoms. The molecule has 0 unspecified atom stereocenters. The van der Waals surface area contributed by atoms with Gasteiger partial charge < -0.3 is 10.1 Å². The van der Waals surface area contributed by atoms with Gasteiger partial charge in [-0.2, -0.15) is 0 Å². The van der Waals surface area contributed by atoms with Gasteiger partial charge in [0.15, 0.2) is 0 Å². The Labute approximate surface area is 173 Å². The van der Waals surface area contributed by atoms with Crippen LogP contribution in [-0.2, 0) is 6.54 Å². The Morgan fingerprint density at radius 1 is 0.929 bits per heavy atom. The zero-order chi connectivity index (χ0) is 19.5. The number of nitrogens with one attached hydrogen (secondary N) is 1. The van der Waals surface area contributed by atoms with Crippen molar-refractivity contribution in [1.29, 1.82) is 0 Å². The minimum absolute atomic E-state index is 0.578. The van der Waals surface area contributed by atoms with Crippen LogP contribution in [0.3, 0.4) is 0 Å². The van der Waals surface area contributed by atoms with Gasteiger partial charge >= 0.3 is 0 Å². The van der Waals surface area contributed by atoms with E-state index in [0.29, 0.717) is 11.6 Å². The first-order valence-electron chi connectivity index (χ1n) is 8.86. The normalized spacial score (nSPS) is 10.8. The molecule has 28 heavy (non-hydrogen) atoms. The summed E-state index contributed by atoms with van der Waals surface area (Å²) in [7, 11) is 1.66. The number of pyridine rings is 1. The van der Waals surface area contributed by atoms with E-state index < -0.39 is 0 Å². The molecule has 5 heteroatoms. The van der Waals surface area contributed by atoms with Crippen LogP contribution in [0.4, 0.5) is 5.82 Å². The SMILES string of the molecule is COc1ccc(-c2cc3cc(Cl)ccc3nc2NCc2ccccc2Cl)cc1. The van der Waals surface area contributed by atoms with E-state index in [9.17, 15) is 0 Å². The van der Waals surface area contributed by atoms with Gasteiger partial charge in [0.05, 0.1) is 12.6 Å². The fourth-order valence-electron chi connectivity index (χ4n) is 3.09. The minimum atomic E-state index is 0.578. The Kier molecular flexibility index (Phi) is 5.38. The maximum Gasteiger partial charge on any atom is 0.134 e. The third kappa shape index (κ3) is 3.91. The lowest BCUT2D eigenvalue weighted by molar-refractivity contribution is 0.415. The molecule has 140 valence electrons. The van der Waals surface area contributed by atoms with Crippen molar-refractivity contribution in [1.82, 2.24) is 4.98 Å². The molecule has 0 radical (unpaired) electrons. The quantitative estimate of drug-likeness (QED) is 0.392. The second-order valence-electron chi connectivity index (χ2n) is 6.40. The molecule has 4 aromatic rings. The summed E-state index contributed by atoms with van der Waals surface area (Å²) in [5.74, 6) is 1.60. The van der Waals surface area contributed by atoms with Crippen LogP contribution in [0, 0.1) is 0 Å². The van der Waals surface area contributed by atoms with Crippen molar-refractivity contribution < 1.29 is 4.74 Å². The van der Waals surface area contributed by atoms with E-state index in [1.165, 1.54) is 0 Å². The highest BCUT2D eigenvalue weighted by Gasteiger charge is 2.11. The van der Waals surface area contributed by atoms with Crippen LogP contribution in [0.15, 0.2) is 72.8 Å². The van der Waals surface area contributed by atoms with E-state index in [4.69, 9.17) is 32.9 Å². The van der Waals surface area contributed by atoms with Crippen LogP contribution in [0.2, 0.25) is 10.0 Å². The average molecular weight is 409 g/mol. The number of halogens is 2. The van der Waals surface area contributed by atoms with Crippen LogP contribution in [0.5, 0.6) is 5.75 Å². The molecule has 4 rings (SSSR count). The van der Waals surface area contributed by atoms with E-state index in [-0.39, 0.29) is 0 Å². The lowest BCUT2D eigenvalue weighted by Gasteiger charge is -2.14. The first-order chi connectivity index (χ1) is 13.6. The number of fused-ring (bicyclic) bond motifs is 1. The fraction of sp³-hybridized carbons (Fsp3) is 0.0870. The third-order valence-corrected chi connectivity index (χ3v) is 5.19. The van der Waals surface area contributed by atoms with E-state index in [1.54, 1.807) is 7.11 Å². The lowest BCUT2D eigenvalue weighted by Crippen LogP contribution is -2.04. The van der Waals surface area contributed by atoms with Gasteiger partial charge in [-0.15, -0.1) is 0 Å². The molecule has 0 atom stereocenters. The number of ether oxygens (including phenoxy) is 1. The summed E-state index contributed by atoms with van der Waals surface area (Å²) in [5.41, 5.74) is 3.92. The molecule has 1 aromatic heterocycles. The van der Waals surface area contributed by atoms with Gasteiger partial charge in [-0.05, 0) is 53.6 Å². The molecule has 0 saturated heterocycles. The standard InChI is InChI=1S/C23H18Cl2N2O/c1-28-19-9-6-15(7-10-19)20-13-17-12-18(24)8-11-22(17)27-23(20)26-14-16-4-2-3-5-21(16)25/h2-13H,14H2,1H3,(H,26,27). The van der Waals surface area contributed by atoms with Crippen molar-refractivity contribution in [3.63, 3.8) is 0 Å². The molecule has 0 amide bonds. The number of hydrogen-bond donors (Lipinski definition) is 1. The molecule has 3 nitrogen and oxygen atoms in total. The predicted octanol–water partition coefficient (Wildman–Crippen LogP) is 6.83. The number of methoxy groups -OCH3 is 1. The monoisotopic (exact) mass is 408 g/mol. The average Bonchev–Trinajstić information content (AvgIpc) is 2.72. The van der Waals surface area contributed by atoms with E-state index in [2.05, 4.69) is 11.4 Å². The fourth-order valence-corrected chi connectivity index (χ4v) is 3.48. The third-order valence-electron chi connectivity index (χ3n) is 4.58. The maximum atomic E-state index is 6.30. The zero-order valence-corrected chi connectivity index (χ0v) is 16.8. The van der Waals surface area contributed by atoms with Crippen molar-refractivity contribution >= 4 is 39.9 Å². The molecule has 0 spiro atoms. The highest BCUT2D eigenvalue weighted by atomic mass is 35.5. The second kappa shape index (κ2) is 8.09. The topological polar surface area (TPSA) is 34.1 Å². The highest BCUT2D eigenvalue weighted by molar-refractivity contribution is 6.31. The van der Waals surface area contributed by atoms with Crippen molar-refractivity contribution in [3.8, 4) is 16.9 Å². The molecule has 0 fully saturated rings. The van der Waals surface area contributed by atoms with Crippen LogP contribution in [0.25, 0.3) is 22.0 Å². The van der Waals surface area contributed by atoms with Crippen LogP contribution >= 0.6 is 23.2 Å². The summed E-state index contributed by atoms with van der Waals surface area (Å²) in [4.78, 5) is 4.84. The Balaban J connectivity index is 1.77. The summed E-state index contributed by atoms with van der Waals surface area (Å²) in [6.45, 7) is 0.578. The van der Waals surface area contributed by atoms with Crippen LogP contribution in [0.1, 0.15) is 5.56 Å². The molecule has 0 aliphatic carbocycles. The number of aromatic nitrogens is 1. The van der Waals surface area contributed by atoms with Crippen molar-refractivity contribution in [2.45, 2.75) is 6.54 Å². The van der Waals surface area contributed by atoms with Gasteiger partial charge in [0.25, 0.3) is 0 Å². The molecule has 1 heterocycles. The highest BCUT2D eigenvalue weighted by Crippen LogP contribution is 2.32. The Morgan fingerprint density at radius 2 is 1.71 bits per heavy atom. The summed E-state index contributed by atoms with van der Waals surface area (Å²) in [6, 6.07) is 23.5. The molecular weight excluding hydrogens is 391 g/mol. The van der Waals surface area contributed by atoms with Gasteiger partial charge in [-0.25, -0.2) is 4.98 Å². The van der Waals surface area contributed by atoms with Gasteiger partial charge in [-0.1, -0.05) is 53.5 Å². The number of nitrogens with zero attached hydrogens (tertiary/aromatic N) is 1.